The van der Waals surface area contributed by atoms with Crippen LogP contribution in [0.2, 0.25) is 5.02 Å². The highest BCUT2D eigenvalue weighted by atomic mass is 35.5. The van der Waals surface area contributed by atoms with Crippen LogP contribution in [0.5, 0.6) is 0 Å². The number of amides is 1. The van der Waals surface area contributed by atoms with Gasteiger partial charge in [0.2, 0.25) is 5.41 Å². The zero-order chi connectivity index (χ0) is 23.5. The fraction of sp³-hybridized carbons (Fsp3) is 0.391. The molecule has 0 aromatic heterocycles. The average Bonchev–Trinajstić information content (AvgIpc) is 2.79. The van der Waals surface area contributed by atoms with E-state index in [9.17, 15) is 20.1 Å². The van der Waals surface area contributed by atoms with Crippen LogP contribution in [0, 0.1) is 34.0 Å². The minimum atomic E-state index is -1.99. The smallest absolute Gasteiger partial charge is 0.410 e. The van der Waals surface area contributed by atoms with Crippen LogP contribution in [0.3, 0.4) is 0 Å². The van der Waals surface area contributed by atoms with E-state index in [0.717, 1.165) is 0 Å². The highest BCUT2D eigenvalue weighted by Crippen LogP contribution is 2.56. The molecular formula is C23H23ClN4O4. The van der Waals surface area contributed by atoms with E-state index in [1.807, 2.05) is 0 Å². The first-order chi connectivity index (χ1) is 15.4. The molecule has 1 aromatic carbocycles. The molecule has 166 valence electrons. The topological polar surface area (TPSA) is 129 Å². The van der Waals surface area contributed by atoms with Crippen molar-refractivity contribution in [1.29, 1.82) is 10.5 Å². The molecule has 2 N–H and O–H groups in total. The molecule has 0 saturated carbocycles. The largest absolute Gasteiger partial charge is 0.464 e. The Morgan fingerprint density at radius 3 is 2.53 bits per heavy atom. The minimum absolute atomic E-state index is 0.0228. The van der Waals surface area contributed by atoms with Crippen LogP contribution in [0.1, 0.15) is 25.3 Å². The van der Waals surface area contributed by atoms with Gasteiger partial charge >= 0.3 is 12.1 Å². The van der Waals surface area contributed by atoms with Crippen LogP contribution >= 0.6 is 11.6 Å². The lowest BCUT2D eigenvalue weighted by Gasteiger charge is -2.46. The van der Waals surface area contributed by atoms with Gasteiger partial charge in [0.05, 0.1) is 30.6 Å². The molecule has 0 fully saturated rings. The predicted octanol–water partition coefficient (Wildman–Crippen LogP) is 3.26. The molecule has 0 radical (unpaired) electrons. The van der Waals surface area contributed by atoms with E-state index >= 15 is 0 Å². The molecule has 1 aromatic rings. The third kappa shape index (κ3) is 3.57. The highest BCUT2D eigenvalue weighted by Gasteiger charge is 2.60. The molecule has 1 heterocycles. The number of hydrogen-bond donors (Lipinski definition) is 1. The van der Waals surface area contributed by atoms with Crippen molar-refractivity contribution in [2.45, 2.75) is 19.8 Å². The summed E-state index contributed by atoms with van der Waals surface area (Å²) in [5.74, 6) is -2.36. The molecule has 0 spiro atoms. The van der Waals surface area contributed by atoms with Crippen LogP contribution in [0.15, 0.2) is 47.2 Å². The maximum absolute atomic E-state index is 13.3. The number of allylic oxidation sites excluding steroid dienone is 1. The van der Waals surface area contributed by atoms with Gasteiger partial charge in [0.25, 0.3) is 0 Å². The zero-order valence-corrected chi connectivity index (χ0v) is 18.6. The summed E-state index contributed by atoms with van der Waals surface area (Å²) < 4.78 is 10.4. The van der Waals surface area contributed by atoms with E-state index < -0.39 is 29.3 Å². The predicted molar refractivity (Wildman–Crippen MR) is 116 cm³/mol. The molecule has 3 atom stereocenters. The second-order valence-electron chi connectivity index (χ2n) is 7.41. The molecule has 0 saturated heterocycles. The van der Waals surface area contributed by atoms with E-state index in [1.54, 1.807) is 44.2 Å². The summed E-state index contributed by atoms with van der Waals surface area (Å²) in [6.07, 6.45) is 1.19. The monoisotopic (exact) mass is 454 g/mol. The standard InChI is InChI=1S/C23H23ClN4O4/c1-3-31-21(29)23(13-26)19(15-7-5-6-8-18(15)24)17-12-28(22(30)32-4-2)10-9-14(17)16(11-25)20(23)27/h5-9,17,19H,3-4,10,12,27H2,1-2H3. The lowest BCUT2D eigenvalue weighted by molar-refractivity contribution is -0.152. The third-order valence-electron chi connectivity index (χ3n) is 5.85. The van der Waals surface area contributed by atoms with Gasteiger partial charge < -0.3 is 20.1 Å². The molecule has 9 heteroatoms. The average molecular weight is 455 g/mol. The molecule has 8 nitrogen and oxygen atoms in total. The van der Waals surface area contributed by atoms with E-state index in [4.69, 9.17) is 26.8 Å². The van der Waals surface area contributed by atoms with Crippen molar-refractivity contribution in [1.82, 2.24) is 4.90 Å². The lowest BCUT2D eigenvalue weighted by Crippen LogP contribution is -2.53. The second kappa shape index (κ2) is 9.33. The van der Waals surface area contributed by atoms with Gasteiger partial charge in [-0.3, -0.25) is 0 Å². The molecule has 3 unspecified atom stereocenters. The van der Waals surface area contributed by atoms with Gasteiger partial charge in [0.15, 0.2) is 0 Å². The van der Waals surface area contributed by atoms with Crippen molar-refractivity contribution in [2.24, 2.45) is 17.1 Å². The molecule has 1 aliphatic carbocycles. The number of carbonyl (C=O) groups is 2. The van der Waals surface area contributed by atoms with E-state index in [-0.39, 0.29) is 37.6 Å². The molecule has 2 aliphatic rings. The number of benzene rings is 1. The summed E-state index contributed by atoms with van der Waals surface area (Å²) in [4.78, 5) is 27.2. The maximum atomic E-state index is 13.3. The number of halogens is 1. The Kier molecular flexibility index (Phi) is 6.76. The maximum Gasteiger partial charge on any atom is 0.410 e. The lowest BCUT2D eigenvalue weighted by atomic mass is 9.57. The molecule has 1 amide bonds. The van der Waals surface area contributed by atoms with Crippen molar-refractivity contribution in [3.05, 3.63) is 57.8 Å². The Bertz CT molecular complexity index is 1080. The van der Waals surface area contributed by atoms with Gasteiger partial charge in [-0.25, -0.2) is 9.59 Å². The van der Waals surface area contributed by atoms with Crippen LogP contribution in [0.25, 0.3) is 0 Å². The fourth-order valence-corrected chi connectivity index (χ4v) is 4.74. The summed E-state index contributed by atoms with van der Waals surface area (Å²) in [5.41, 5.74) is 5.35. The number of hydrogen-bond acceptors (Lipinski definition) is 7. The van der Waals surface area contributed by atoms with E-state index in [2.05, 4.69) is 12.1 Å². The first kappa shape index (κ1) is 23.2. The Morgan fingerprint density at radius 1 is 1.25 bits per heavy atom. The van der Waals surface area contributed by atoms with Gasteiger partial charge in [-0.2, -0.15) is 10.5 Å². The Hall–Kier alpha value is -3.49. The van der Waals surface area contributed by atoms with Gasteiger partial charge in [-0.05, 0) is 31.1 Å². The summed E-state index contributed by atoms with van der Waals surface area (Å²) in [7, 11) is 0. The molecule has 32 heavy (non-hydrogen) atoms. The Morgan fingerprint density at radius 2 is 1.94 bits per heavy atom. The van der Waals surface area contributed by atoms with Crippen molar-refractivity contribution >= 4 is 23.7 Å². The van der Waals surface area contributed by atoms with Gasteiger partial charge in [0.1, 0.15) is 6.07 Å². The number of rotatable bonds is 4. The van der Waals surface area contributed by atoms with Crippen molar-refractivity contribution in [3.8, 4) is 12.1 Å². The van der Waals surface area contributed by atoms with E-state index in [1.165, 1.54) is 4.90 Å². The first-order valence-corrected chi connectivity index (χ1v) is 10.6. The van der Waals surface area contributed by atoms with E-state index in [0.29, 0.717) is 16.2 Å². The zero-order valence-electron chi connectivity index (χ0n) is 17.8. The van der Waals surface area contributed by atoms with Crippen molar-refractivity contribution < 1.29 is 19.1 Å². The number of nitrogens with two attached hydrogens (primary N) is 1. The number of esters is 1. The molecule has 3 rings (SSSR count). The summed E-state index contributed by atoms with van der Waals surface area (Å²) >= 11 is 6.51. The quantitative estimate of drug-likeness (QED) is 0.691. The first-order valence-electron chi connectivity index (χ1n) is 10.2. The van der Waals surface area contributed by atoms with Crippen LogP contribution in [-0.4, -0.2) is 43.3 Å². The summed E-state index contributed by atoms with van der Waals surface area (Å²) in [6, 6.07) is 11.0. The molecular weight excluding hydrogens is 432 g/mol. The SMILES string of the molecule is CCOC(=O)N1CC=C2C(C#N)=C(N)C(C#N)(C(=O)OCC)C(c3ccccc3Cl)C2C1. The number of nitrogens with zero attached hydrogens (tertiary/aromatic N) is 3. The minimum Gasteiger partial charge on any atom is -0.464 e. The Labute approximate surface area is 191 Å². The third-order valence-corrected chi connectivity index (χ3v) is 6.20. The molecule has 0 bridgehead atoms. The summed E-state index contributed by atoms with van der Waals surface area (Å²) in [5, 5.41) is 20.6. The number of carbonyl (C=O) groups excluding carboxylic acids is 2. The van der Waals surface area contributed by atoms with Crippen molar-refractivity contribution in [3.63, 3.8) is 0 Å². The van der Waals surface area contributed by atoms with Gasteiger partial charge in [0, 0.05) is 29.9 Å². The normalized spacial score (nSPS) is 24.5. The number of nitriles is 2. The number of ether oxygens (including phenoxy) is 2. The fourth-order valence-electron chi connectivity index (χ4n) is 4.49. The van der Waals surface area contributed by atoms with Crippen LogP contribution in [-0.2, 0) is 14.3 Å². The Balaban J connectivity index is 2.32. The van der Waals surface area contributed by atoms with Crippen LogP contribution < -0.4 is 5.73 Å². The highest BCUT2D eigenvalue weighted by molar-refractivity contribution is 6.31. The molecule has 1 aliphatic heterocycles. The van der Waals surface area contributed by atoms with Gasteiger partial charge in [-0.15, -0.1) is 0 Å². The second-order valence-corrected chi connectivity index (χ2v) is 7.82. The van der Waals surface area contributed by atoms with Crippen LogP contribution in [0.4, 0.5) is 4.79 Å². The van der Waals surface area contributed by atoms with Gasteiger partial charge in [-0.1, -0.05) is 35.9 Å². The van der Waals surface area contributed by atoms with Crippen molar-refractivity contribution in [2.75, 3.05) is 26.3 Å². The number of fused-ring (bicyclic) bond motifs is 1. The summed E-state index contributed by atoms with van der Waals surface area (Å²) in [6.45, 7) is 3.87.